The van der Waals surface area contributed by atoms with E-state index < -0.39 is 33.2 Å². The van der Waals surface area contributed by atoms with Crippen molar-refractivity contribution in [3.05, 3.63) is 64.7 Å². The van der Waals surface area contributed by atoms with Crippen LogP contribution in [-0.2, 0) is 32.2 Å². The molecular weight excluding hydrogens is 561 g/mol. The van der Waals surface area contributed by atoms with E-state index in [2.05, 4.69) is 10.3 Å². The second-order valence-corrected chi connectivity index (χ2v) is 12.8. The van der Waals surface area contributed by atoms with Crippen molar-refractivity contribution in [2.45, 2.75) is 56.8 Å². The van der Waals surface area contributed by atoms with Crippen LogP contribution in [0.25, 0.3) is 0 Å². The molecule has 0 bridgehead atoms. The Hall–Kier alpha value is -3.29. The summed E-state index contributed by atoms with van der Waals surface area (Å²) in [7, 11) is -3.67. The summed E-state index contributed by atoms with van der Waals surface area (Å²) in [6.07, 6.45) is -3.08. The highest BCUT2D eigenvalue weighted by atomic mass is 32.2. The first kappa shape index (κ1) is 29.2. The molecule has 41 heavy (non-hydrogen) atoms. The Morgan fingerprint density at radius 2 is 1.85 bits per heavy atom. The number of hydrogen-bond donors (Lipinski definition) is 2. The summed E-state index contributed by atoms with van der Waals surface area (Å²) < 4.78 is 67.1. The number of aliphatic hydroxyl groups excluding tert-OH is 1. The quantitative estimate of drug-likeness (QED) is 0.513. The van der Waals surface area contributed by atoms with Gasteiger partial charge in [0, 0.05) is 30.8 Å². The van der Waals surface area contributed by atoms with E-state index in [1.54, 1.807) is 17.0 Å². The number of halogens is 3. The van der Waals surface area contributed by atoms with Crippen LogP contribution in [-0.4, -0.2) is 72.5 Å². The number of nitrogens with one attached hydrogen (secondary N) is 1. The molecule has 2 aromatic rings. The van der Waals surface area contributed by atoms with E-state index in [1.807, 2.05) is 13.0 Å². The van der Waals surface area contributed by atoms with E-state index in [1.165, 1.54) is 16.4 Å². The third-order valence-electron chi connectivity index (χ3n) is 8.16. The van der Waals surface area contributed by atoms with E-state index in [9.17, 15) is 36.3 Å². The van der Waals surface area contributed by atoms with E-state index in [4.69, 9.17) is 0 Å². The molecule has 9 nitrogen and oxygen atoms in total. The van der Waals surface area contributed by atoms with Crippen LogP contribution in [0.1, 0.15) is 47.9 Å². The topological polar surface area (TPSA) is 119 Å². The van der Waals surface area contributed by atoms with Crippen molar-refractivity contribution in [1.29, 1.82) is 0 Å². The highest BCUT2D eigenvalue weighted by Gasteiger charge is 2.47. The maximum Gasteiger partial charge on any atom is 0.416 e. The van der Waals surface area contributed by atoms with Gasteiger partial charge in [-0.05, 0) is 68.0 Å². The normalized spacial score (nSPS) is 21.4. The molecule has 0 aliphatic carbocycles. The number of alkyl halides is 3. The number of piperidine rings is 1. The molecule has 0 aromatic heterocycles. The molecule has 3 heterocycles. The number of amidine groups is 1. The molecule has 2 saturated heterocycles. The Morgan fingerprint density at radius 3 is 2.51 bits per heavy atom. The van der Waals surface area contributed by atoms with Crippen LogP contribution >= 0.6 is 0 Å². The number of aliphatic imine (C=N–C) groups is 1. The van der Waals surface area contributed by atoms with Crippen molar-refractivity contribution >= 4 is 33.4 Å². The van der Waals surface area contributed by atoms with Crippen LogP contribution in [0.5, 0.6) is 0 Å². The Balaban J connectivity index is 1.23. The number of benzene rings is 2. The highest BCUT2D eigenvalue weighted by molar-refractivity contribution is 7.89. The number of anilines is 1. The first-order valence-corrected chi connectivity index (χ1v) is 15.0. The average Bonchev–Trinajstić information content (AvgIpc) is 3.46. The van der Waals surface area contributed by atoms with Gasteiger partial charge in [0.15, 0.2) is 0 Å². The van der Waals surface area contributed by atoms with Crippen molar-refractivity contribution in [2.75, 3.05) is 30.3 Å². The summed E-state index contributed by atoms with van der Waals surface area (Å²) in [5, 5.41) is 12.2. The lowest BCUT2D eigenvalue weighted by Gasteiger charge is -2.34. The number of aliphatic hydroxyl groups is 1. The van der Waals surface area contributed by atoms with Crippen LogP contribution in [0.2, 0.25) is 0 Å². The molecule has 1 atom stereocenters. The highest BCUT2D eigenvalue weighted by Crippen LogP contribution is 2.34. The van der Waals surface area contributed by atoms with Crippen molar-refractivity contribution in [1.82, 2.24) is 9.62 Å². The van der Waals surface area contributed by atoms with Gasteiger partial charge in [-0.2, -0.15) is 13.2 Å². The van der Waals surface area contributed by atoms with Crippen molar-refractivity contribution in [3.8, 4) is 0 Å². The Labute approximate surface area is 236 Å². The van der Waals surface area contributed by atoms with E-state index in [-0.39, 0.29) is 68.1 Å². The molecule has 0 saturated carbocycles. The number of carbonyl (C=O) groups excluding carboxylic acids is 2. The second kappa shape index (κ2) is 10.8. The fraction of sp³-hybridized carbons (Fsp3) is 0.464. The molecular formula is C28H31F3N4O5S. The van der Waals surface area contributed by atoms with Gasteiger partial charge in [0.25, 0.3) is 5.91 Å². The minimum atomic E-state index is -4.53. The Bertz CT molecular complexity index is 1500. The Kier molecular flexibility index (Phi) is 7.72. The average molecular weight is 593 g/mol. The number of nitrogens with zero attached hydrogens (tertiary/aromatic N) is 3. The van der Waals surface area contributed by atoms with Gasteiger partial charge in [-0.15, -0.1) is 0 Å². The van der Waals surface area contributed by atoms with Gasteiger partial charge in [0.2, 0.25) is 15.9 Å². The molecule has 3 aliphatic rings. The molecule has 5 rings (SSSR count). The van der Waals surface area contributed by atoms with Crippen LogP contribution in [0, 0.1) is 6.92 Å². The zero-order chi connectivity index (χ0) is 29.6. The summed E-state index contributed by atoms with van der Waals surface area (Å²) in [6, 6.07) is 9.70. The van der Waals surface area contributed by atoms with E-state index >= 15 is 0 Å². The molecule has 1 spiro atoms. The number of hydrogen-bond acceptors (Lipinski definition) is 6. The largest absolute Gasteiger partial charge is 0.416 e. The lowest BCUT2D eigenvalue weighted by molar-refractivity contribution is -0.137. The van der Waals surface area contributed by atoms with Crippen LogP contribution in [0.4, 0.5) is 18.9 Å². The van der Waals surface area contributed by atoms with Crippen molar-refractivity contribution < 1.29 is 36.3 Å². The zero-order valence-corrected chi connectivity index (χ0v) is 23.3. The number of rotatable bonds is 7. The third-order valence-corrected chi connectivity index (χ3v) is 10.0. The van der Waals surface area contributed by atoms with Gasteiger partial charge < -0.3 is 15.3 Å². The van der Waals surface area contributed by atoms with Crippen LogP contribution < -0.4 is 10.2 Å². The molecule has 2 fully saturated rings. The number of aryl methyl sites for hydroxylation is 2. The molecule has 13 heteroatoms. The molecule has 2 N–H and O–H groups in total. The van der Waals surface area contributed by atoms with Crippen LogP contribution in [0.15, 0.2) is 47.5 Å². The number of amides is 2. The predicted molar refractivity (Wildman–Crippen MR) is 146 cm³/mol. The van der Waals surface area contributed by atoms with Crippen molar-refractivity contribution in [2.24, 2.45) is 4.99 Å². The molecule has 0 radical (unpaired) electrons. The number of sulfonamides is 1. The standard InChI is InChI=1S/C28H31F3N4O5S/c1-18-15-22(35-23(17-36)7-8-24(35)37)6-5-19(18)9-14-41(39,40)34-12-10-27(11-13-34)26(38)32-25(33-27)20-3-2-4-21(16-20)28(29,30)31/h2-6,15-16,23,36H,7-14,17H2,1H3,(H,32,33,38)/t23-/m1/s1. The summed E-state index contributed by atoms with van der Waals surface area (Å²) in [4.78, 5) is 31.2. The molecule has 2 aromatic carbocycles. The summed E-state index contributed by atoms with van der Waals surface area (Å²) in [5.41, 5.74) is 0.410. The second-order valence-electron chi connectivity index (χ2n) is 10.7. The van der Waals surface area contributed by atoms with Gasteiger partial charge in [-0.1, -0.05) is 18.2 Å². The third kappa shape index (κ3) is 5.75. The lowest BCUT2D eigenvalue weighted by Crippen LogP contribution is -2.50. The fourth-order valence-corrected chi connectivity index (χ4v) is 7.19. The minimum Gasteiger partial charge on any atom is -0.394 e. The monoisotopic (exact) mass is 592 g/mol. The zero-order valence-electron chi connectivity index (χ0n) is 22.4. The first-order valence-electron chi connectivity index (χ1n) is 13.4. The fourth-order valence-electron chi connectivity index (χ4n) is 5.72. The van der Waals surface area contributed by atoms with Crippen molar-refractivity contribution in [3.63, 3.8) is 0 Å². The van der Waals surface area contributed by atoms with Gasteiger partial charge >= 0.3 is 6.18 Å². The smallest absolute Gasteiger partial charge is 0.394 e. The molecule has 2 amide bonds. The van der Waals surface area contributed by atoms with Gasteiger partial charge in [-0.25, -0.2) is 12.7 Å². The summed E-state index contributed by atoms with van der Waals surface area (Å²) in [6.45, 7) is 1.85. The van der Waals surface area contributed by atoms with Gasteiger partial charge in [0.05, 0.1) is 24.0 Å². The van der Waals surface area contributed by atoms with Gasteiger partial charge in [-0.3, -0.25) is 14.6 Å². The summed E-state index contributed by atoms with van der Waals surface area (Å²) in [5.74, 6) is -0.591. The van der Waals surface area contributed by atoms with Gasteiger partial charge in [0.1, 0.15) is 11.4 Å². The van der Waals surface area contributed by atoms with E-state index in [0.29, 0.717) is 18.5 Å². The predicted octanol–water partition coefficient (Wildman–Crippen LogP) is 2.79. The maximum atomic E-state index is 13.2. The molecule has 0 unspecified atom stereocenters. The molecule has 220 valence electrons. The summed E-state index contributed by atoms with van der Waals surface area (Å²) >= 11 is 0. The minimum absolute atomic E-state index is 0.0520. The first-order chi connectivity index (χ1) is 19.3. The van der Waals surface area contributed by atoms with Crippen LogP contribution in [0.3, 0.4) is 0 Å². The molecule has 3 aliphatic heterocycles. The van der Waals surface area contributed by atoms with E-state index in [0.717, 1.165) is 23.3 Å². The lowest BCUT2D eigenvalue weighted by atomic mass is 9.89. The Morgan fingerprint density at radius 1 is 1.12 bits per heavy atom. The maximum absolute atomic E-state index is 13.2. The number of carbonyl (C=O) groups is 2. The SMILES string of the molecule is Cc1cc(N2C(=O)CC[C@@H]2CO)ccc1CCS(=O)(=O)N1CCC2(CC1)N=C(c1cccc(C(F)(F)F)c1)NC2=O.